The van der Waals surface area contributed by atoms with E-state index in [1.165, 1.54) is 96.3 Å². The molecule has 0 aromatic carbocycles. The Morgan fingerprint density at radius 1 is 0.704 bits per heavy atom. The highest BCUT2D eigenvalue weighted by Gasteiger charge is 2.01. The predicted octanol–water partition coefficient (Wildman–Crippen LogP) is 8.06. The number of hydrogen-bond acceptors (Lipinski definition) is 3. The number of hydrogen-bond donors (Lipinski definition) is 1. The monoisotopic (exact) mass is 398 g/mol. The summed E-state index contributed by atoms with van der Waals surface area (Å²) in [5.74, 6) is 0.551. The van der Waals surface area contributed by atoms with Crippen LogP contribution in [0.2, 0.25) is 0 Å². The highest BCUT2D eigenvalue weighted by molar-refractivity contribution is 7.80. The molecule has 0 unspecified atom stereocenters. The van der Waals surface area contributed by atoms with Gasteiger partial charge in [0.2, 0.25) is 0 Å². The van der Waals surface area contributed by atoms with Crippen molar-refractivity contribution in [2.24, 2.45) is 0 Å². The largest absolute Gasteiger partial charge is 0.465 e. The first kappa shape index (κ1) is 26.6. The minimum atomic E-state index is -0.0625. The van der Waals surface area contributed by atoms with E-state index in [9.17, 15) is 4.79 Å². The summed E-state index contributed by atoms with van der Waals surface area (Å²) in [6, 6.07) is 0. The number of ether oxygens (including phenoxy) is 1. The van der Waals surface area contributed by atoms with Gasteiger partial charge in [-0.3, -0.25) is 4.79 Å². The Labute approximate surface area is 175 Å². The molecule has 0 saturated carbocycles. The van der Waals surface area contributed by atoms with Gasteiger partial charge >= 0.3 is 5.97 Å². The Kier molecular flexibility index (Phi) is 23.2. The summed E-state index contributed by atoms with van der Waals surface area (Å²) in [5, 5.41) is 0. The van der Waals surface area contributed by atoms with Crippen LogP contribution in [0.25, 0.3) is 0 Å². The Hall–Kier alpha value is -0.440. The summed E-state index contributed by atoms with van der Waals surface area (Å²) >= 11 is 4.03. The van der Waals surface area contributed by atoms with Gasteiger partial charge in [-0.25, -0.2) is 0 Å². The van der Waals surface area contributed by atoms with Gasteiger partial charge < -0.3 is 4.74 Å². The standard InChI is InChI=1S/C24H46O2S/c1-2-3-4-5-6-7-8-9-10-11-12-13-14-15-16-17-18-19-20-21-24(25)26-22-23-27/h5-6,27H,2-4,7-23H2,1H3/b6-5+. The molecule has 0 spiro atoms. The van der Waals surface area contributed by atoms with Crippen molar-refractivity contribution in [1.29, 1.82) is 0 Å². The van der Waals surface area contributed by atoms with E-state index in [-0.39, 0.29) is 5.97 Å². The second kappa shape index (κ2) is 23.6. The summed E-state index contributed by atoms with van der Waals surface area (Å²) in [6.07, 6.45) is 27.8. The van der Waals surface area contributed by atoms with Crippen LogP contribution in [0.4, 0.5) is 0 Å². The molecule has 0 N–H and O–H groups in total. The zero-order valence-electron chi connectivity index (χ0n) is 18.1. The van der Waals surface area contributed by atoms with Crippen molar-refractivity contribution in [3.05, 3.63) is 12.2 Å². The average Bonchev–Trinajstić information content (AvgIpc) is 2.68. The van der Waals surface area contributed by atoms with E-state index in [2.05, 4.69) is 31.7 Å². The molecule has 0 bridgehead atoms. The van der Waals surface area contributed by atoms with Gasteiger partial charge in [0.1, 0.15) is 6.61 Å². The maximum atomic E-state index is 11.3. The first-order valence-corrected chi connectivity index (χ1v) is 12.4. The minimum Gasteiger partial charge on any atom is -0.465 e. The van der Waals surface area contributed by atoms with Gasteiger partial charge in [-0.1, -0.05) is 103 Å². The Morgan fingerprint density at radius 3 is 1.63 bits per heavy atom. The van der Waals surface area contributed by atoms with Gasteiger partial charge in [0.25, 0.3) is 0 Å². The van der Waals surface area contributed by atoms with Crippen LogP contribution in [0, 0.1) is 0 Å². The number of unbranched alkanes of at least 4 members (excludes halogenated alkanes) is 15. The SMILES string of the molecule is CCCC/C=C/CCCCCCCCCCCCCCCC(=O)OCCS. The lowest BCUT2D eigenvalue weighted by Gasteiger charge is -2.04. The third-order valence-corrected chi connectivity index (χ3v) is 5.18. The highest BCUT2D eigenvalue weighted by atomic mass is 32.1. The fourth-order valence-electron chi connectivity index (χ4n) is 3.27. The molecule has 0 rings (SSSR count). The number of carbonyl (C=O) groups excluding carboxylic acids is 1. The predicted molar refractivity (Wildman–Crippen MR) is 123 cm³/mol. The lowest BCUT2D eigenvalue weighted by atomic mass is 10.0. The van der Waals surface area contributed by atoms with Crippen molar-refractivity contribution in [1.82, 2.24) is 0 Å². The van der Waals surface area contributed by atoms with Crippen molar-refractivity contribution in [2.45, 2.75) is 122 Å². The number of rotatable bonds is 21. The van der Waals surface area contributed by atoms with Crippen LogP contribution in [-0.4, -0.2) is 18.3 Å². The van der Waals surface area contributed by atoms with E-state index >= 15 is 0 Å². The fraction of sp³-hybridized carbons (Fsp3) is 0.875. The second-order valence-corrected chi connectivity index (χ2v) is 8.14. The lowest BCUT2D eigenvalue weighted by Crippen LogP contribution is -2.06. The van der Waals surface area contributed by atoms with Crippen molar-refractivity contribution >= 4 is 18.6 Å². The zero-order chi connectivity index (χ0) is 19.8. The molecule has 27 heavy (non-hydrogen) atoms. The summed E-state index contributed by atoms with van der Waals surface area (Å²) in [6.45, 7) is 2.70. The normalized spacial score (nSPS) is 11.3. The molecule has 0 amide bonds. The maximum Gasteiger partial charge on any atom is 0.305 e. The van der Waals surface area contributed by atoms with Crippen molar-refractivity contribution < 1.29 is 9.53 Å². The van der Waals surface area contributed by atoms with E-state index in [1.54, 1.807) is 0 Å². The number of allylic oxidation sites excluding steroid dienone is 2. The second-order valence-electron chi connectivity index (χ2n) is 7.69. The van der Waals surface area contributed by atoms with Gasteiger partial charge in [0, 0.05) is 12.2 Å². The molecule has 0 aliphatic heterocycles. The van der Waals surface area contributed by atoms with Crippen LogP contribution in [0.5, 0.6) is 0 Å². The van der Waals surface area contributed by atoms with Crippen molar-refractivity contribution in [3.63, 3.8) is 0 Å². The number of carbonyl (C=O) groups is 1. The molecular weight excluding hydrogens is 352 g/mol. The number of esters is 1. The molecular formula is C24H46O2S. The van der Waals surface area contributed by atoms with E-state index in [0.29, 0.717) is 18.8 Å². The smallest absolute Gasteiger partial charge is 0.305 e. The molecule has 160 valence electrons. The molecule has 0 radical (unpaired) electrons. The highest BCUT2D eigenvalue weighted by Crippen LogP contribution is 2.13. The summed E-state index contributed by atoms with van der Waals surface area (Å²) in [4.78, 5) is 11.3. The summed E-state index contributed by atoms with van der Waals surface area (Å²) in [5.41, 5.74) is 0. The molecule has 0 aliphatic carbocycles. The van der Waals surface area contributed by atoms with Crippen LogP contribution in [-0.2, 0) is 9.53 Å². The van der Waals surface area contributed by atoms with E-state index < -0.39 is 0 Å². The molecule has 0 aliphatic rings. The summed E-state index contributed by atoms with van der Waals surface area (Å²) < 4.78 is 5.01. The lowest BCUT2D eigenvalue weighted by molar-refractivity contribution is -0.143. The molecule has 0 aromatic rings. The Balaban J connectivity index is 3.09. The van der Waals surface area contributed by atoms with E-state index in [0.717, 1.165) is 12.8 Å². The molecule has 0 aromatic heterocycles. The molecule has 0 heterocycles. The third-order valence-electron chi connectivity index (χ3n) is 5.00. The van der Waals surface area contributed by atoms with Gasteiger partial charge in [-0.05, 0) is 25.7 Å². The maximum absolute atomic E-state index is 11.3. The van der Waals surface area contributed by atoms with Crippen molar-refractivity contribution in [3.8, 4) is 0 Å². The van der Waals surface area contributed by atoms with Crippen LogP contribution >= 0.6 is 12.6 Å². The quantitative estimate of drug-likeness (QED) is 0.0915. The molecule has 0 atom stereocenters. The molecule has 3 heteroatoms. The van der Waals surface area contributed by atoms with Gasteiger partial charge in [-0.2, -0.15) is 12.6 Å². The number of thiol groups is 1. The third kappa shape index (κ3) is 23.5. The molecule has 0 saturated heterocycles. The topological polar surface area (TPSA) is 26.3 Å². The fourth-order valence-corrected chi connectivity index (χ4v) is 3.36. The minimum absolute atomic E-state index is 0.0625. The van der Waals surface area contributed by atoms with Crippen LogP contribution in [0.15, 0.2) is 12.2 Å². The average molecular weight is 399 g/mol. The van der Waals surface area contributed by atoms with Crippen LogP contribution in [0.1, 0.15) is 122 Å². The molecule has 2 nitrogen and oxygen atoms in total. The van der Waals surface area contributed by atoms with Crippen LogP contribution < -0.4 is 0 Å². The van der Waals surface area contributed by atoms with E-state index in [1.807, 2.05) is 0 Å². The van der Waals surface area contributed by atoms with Gasteiger partial charge in [0.15, 0.2) is 0 Å². The van der Waals surface area contributed by atoms with Crippen LogP contribution in [0.3, 0.4) is 0 Å². The van der Waals surface area contributed by atoms with Gasteiger partial charge in [0.05, 0.1) is 0 Å². The van der Waals surface area contributed by atoms with E-state index in [4.69, 9.17) is 4.74 Å². The molecule has 0 fully saturated rings. The Bertz CT molecular complexity index is 328. The summed E-state index contributed by atoms with van der Waals surface area (Å²) in [7, 11) is 0. The first-order valence-electron chi connectivity index (χ1n) is 11.7. The zero-order valence-corrected chi connectivity index (χ0v) is 19.0. The first-order chi connectivity index (χ1) is 13.3. The van der Waals surface area contributed by atoms with Gasteiger partial charge in [-0.15, -0.1) is 0 Å². The Morgan fingerprint density at radius 2 is 1.15 bits per heavy atom. The van der Waals surface area contributed by atoms with Crippen molar-refractivity contribution in [2.75, 3.05) is 12.4 Å².